The Kier molecular flexibility index (Phi) is 7.07. The van der Waals surface area contributed by atoms with Crippen LogP contribution in [0.2, 0.25) is 0 Å². The lowest BCUT2D eigenvalue weighted by atomic mass is 10.2. The maximum absolute atomic E-state index is 12.2. The number of nitrogens with one attached hydrogen (secondary N) is 1. The van der Waals surface area contributed by atoms with E-state index in [1.807, 2.05) is 14.0 Å². The molecule has 0 fully saturated rings. The highest BCUT2D eigenvalue weighted by Crippen LogP contribution is 2.23. The van der Waals surface area contributed by atoms with Gasteiger partial charge in [0.25, 0.3) is 0 Å². The maximum atomic E-state index is 12.2. The molecule has 0 atom stereocenters. The minimum Gasteiger partial charge on any atom is -0.462 e. The molecule has 9 heteroatoms. The van der Waals surface area contributed by atoms with E-state index in [1.165, 1.54) is 11.8 Å². The van der Waals surface area contributed by atoms with Crippen LogP contribution in [0.15, 0.2) is 52.2 Å². The quantitative estimate of drug-likeness (QED) is 0.323. The van der Waals surface area contributed by atoms with Crippen LogP contribution in [0.25, 0.3) is 11.6 Å². The molecule has 0 radical (unpaired) electrons. The number of benzene rings is 1. The van der Waals surface area contributed by atoms with E-state index in [0.29, 0.717) is 34.6 Å². The van der Waals surface area contributed by atoms with E-state index in [0.717, 1.165) is 12.8 Å². The standard InChI is InChI=1S/C20H22N4O4S/c1-3-4-11-28-19(26)14-7-9-15(10-8-14)21-17(25)13-29-20-23-22-18(24(20)2)16-6-5-12-27-16/h5-10,12H,3-4,11,13H2,1-2H3,(H,21,25). The summed E-state index contributed by atoms with van der Waals surface area (Å²) in [5.74, 6) is 0.839. The van der Waals surface area contributed by atoms with Crippen molar-refractivity contribution in [2.24, 2.45) is 7.05 Å². The lowest BCUT2D eigenvalue weighted by molar-refractivity contribution is -0.113. The molecule has 0 aliphatic carbocycles. The van der Waals surface area contributed by atoms with Crippen LogP contribution in [0.5, 0.6) is 0 Å². The second kappa shape index (κ2) is 9.92. The van der Waals surface area contributed by atoms with E-state index in [-0.39, 0.29) is 17.6 Å². The third-order valence-electron chi connectivity index (χ3n) is 4.04. The molecular weight excluding hydrogens is 392 g/mol. The van der Waals surface area contributed by atoms with Crippen molar-refractivity contribution in [1.29, 1.82) is 0 Å². The fraction of sp³-hybridized carbons (Fsp3) is 0.300. The maximum Gasteiger partial charge on any atom is 0.338 e. The van der Waals surface area contributed by atoms with Gasteiger partial charge in [-0.15, -0.1) is 10.2 Å². The van der Waals surface area contributed by atoms with Gasteiger partial charge in [-0.05, 0) is 42.8 Å². The number of carbonyl (C=O) groups excluding carboxylic acids is 2. The van der Waals surface area contributed by atoms with Crippen LogP contribution in [0, 0.1) is 0 Å². The Morgan fingerprint density at radius 1 is 1.21 bits per heavy atom. The molecule has 29 heavy (non-hydrogen) atoms. The monoisotopic (exact) mass is 414 g/mol. The Labute approximate surface area is 172 Å². The summed E-state index contributed by atoms with van der Waals surface area (Å²) < 4.78 is 12.3. The summed E-state index contributed by atoms with van der Waals surface area (Å²) in [4.78, 5) is 24.1. The number of hydrogen-bond acceptors (Lipinski definition) is 7. The van der Waals surface area contributed by atoms with Crippen molar-refractivity contribution in [2.45, 2.75) is 24.9 Å². The molecule has 1 N–H and O–H groups in total. The van der Waals surface area contributed by atoms with Gasteiger partial charge in [0, 0.05) is 12.7 Å². The molecule has 2 heterocycles. The summed E-state index contributed by atoms with van der Waals surface area (Å²) >= 11 is 1.27. The molecule has 3 rings (SSSR count). The molecule has 0 spiro atoms. The molecule has 0 unspecified atom stereocenters. The van der Waals surface area contributed by atoms with Crippen molar-refractivity contribution in [2.75, 3.05) is 17.7 Å². The minimum atomic E-state index is -0.360. The Bertz CT molecular complexity index is 952. The number of carbonyl (C=O) groups is 2. The molecule has 0 saturated carbocycles. The van der Waals surface area contributed by atoms with Gasteiger partial charge < -0.3 is 19.0 Å². The van der Waals surface area contributed by atoms with Gasteiger partial charge in [0.2, 0.25) is 5.91 Å². The number of aromatic nitrogens is 3. The number of anilines is 1. The first kappa shape index (κ1) is 20.7. The molecule has 0 saturated heterocycles. The number of hydrogen-bond donors (Lipinski definition) is 1. The van der Waals surface area contributed by atoms with Gasteiger partial charge in [-0.25, -0.2) is 4.79 Å². The van der Waals surface area contributed by atoms with Crippen LogP contribution in [0.1, 0.15) is 30.1 Å². The number of esters is 1. The summed E-state index contributed by atoms with van der Waals surface area (Å²) in [5.41, 5.74) is 1.06. The van der Waals surface area contributed by atoms with Crippen LogP contribution < -0.4 is 5.32 Å². The third kappa shape index (κ3) is 5.47. The lowest BCUT2D eigenvalue weighted by Gasteiger charge is -2.07. The minimum absolute atomic E-state index is 0.172. The second-order valence-corrected chi connectivity index (χ2v) is 7.19. The average molecular weight is 414 g/mol. The zero-order chi connectivity index (χ0) is 20.6. The van der Waals surface area contributed by atoms with Crippen LogP contribution in [0.3, 0.4) is 0 Å². The van der Waals surface area contributed by atoms with Gasteiger partial charge in [-0.1, -0.05) is 25.1 Å². The average Bonchev–Trinajstić information content (AvgIpc) is 3.37. The normalized spacial score (nSPS) is 10.7. The summed E-state index contributed by atoms with van der Waals surface area (Å²) in [6, 6.07) is 10.2. The van der Waals surface area contributed by atoms with Crippen LogP contribution in [-0.4, -0.2) is 39.0 Å². The highest BCUT2D eigenvalue weighted by atomic mass is 32.2. The van der Waals surface area contributed by atoms with Crippen LogP contribution in [0.4, 0.5) is 5.69 Å². The molecule has 152 valence electrons. The molecule has 0 aliphatic heterocycles. The van der Waals surface area contributed by atoms with Gasteiger partial charge in [0.05, 0.1) is 24.2 Å². The SMILES string of the molecule is CCCCOC(=O)c1ccc(NC(=O)CSc2nnc(-c3ccco3)n2C)cc1. The Morgan fingerprint density at radius 2 is 2.00 bits per heavy atom. The Hall–Kier alpha value is -3.07. The first-order valence-electron chi connectivity index (χ1n) is 9.21. The molecule has 8 nitrogen and oxygen atoms in total. The van der Waals surface area contributed by atoms with Crippen molar-refractivity contribution in [3.05, 3.63) is 48.2 Å². The van der Waals surface area contributed by atoms with Crippen LogP contribution in [-0.2, 0) is 16.6 Å². The number of nitrogens with zero attached hydrogens (tertiary/aromatic N) is 3. The number of furan rings is 1. The third-order valence-corrected chi connectivity index (χ3v) is 5.06. The number of amides is 1. The summed E-state index contributed by atoms with van der Waals surface area (Å²) in [5, 5.41) is 11.6. The van der Waals surface area contributed by atoms with Gasteiger partial charge in [-0.2, -0.15) is 0 Å². The number of ether oxygens (including phenoxy) is 1. The molecule has 0 bridgehead atoms. The van der Waals surface area contributed by atoms with Crippen molar-refractivity contribution < 1.29 is 18.7 Å². The zero-order valence-electron chi connectivity index (χ0n) is 16.3. The van der Waals surface area contributed by atoms with E-state index < -0.39 is 0 Å². The van der Waals surface area contributed by atoms with Crippen molar-refractivity contribution in [3.63, 3.8) is 0 Å². The molecule has 1 amide bonds. The molecule has 0 aliphatic rings. The van der Waals surface area contributed by atoms with E-state index in [2.05, 4.69) is 15.5 Å². The van der Waals surface area contributed by atoms with Gasteiger partial charge in [-0.3, -0.25) is 4.79 Å². The smallest absolute Gasteiger partial charge is 0.338 e. The van der Waals surface area contributed by atoms with Gasteiger partial charge in [0.1, 0.15) is 0 Å². The first-order valence-corrected chi connectivity index (χ1v) is 10.2. The predicted molar refractivity (Wildman–Crippen MR) is 110 cm³/mol. The molecule has 3 aromatic rings. The topological polar surface area (TPSA) is 99.2 Å². The highest BCUT2D eigenvalue weighted by molar-refractivity contribution is 7.99. The van der Waals surface area contributed by atoms with E-state index in [9.17, 15) is 9.59 Å². The Balaban J connectivity index is 1.50. The highest BCUT2D eigenvalue weighted by Gasteiger charge is 2.15. The summed E-state index contributed by atoms with van der Waals surface area (Å²) in [6.45, 7) is 2.45. The molecule has 1 aromatic carbocycles. The summed E-state index contributed by atoms with van der Waals surface area (Å²) in [6.07, 6.45) is 3.38. The van der Waals surface area contributed by atoms with Crippen molar-refractivity contribution >= 4 is 29.3 Å². The van der Waals surface area contributed by atoms with Gasteiger partial charge >= 0.3 is 5.97 Å². The van der Waals surface area contributed by atoms with Crippen LogP contribution >= 0.6 is 11.8 Å². The number of thioether (sulfide) groups is 1. The summed E-state index contributed by atoms with van der Waals surface area (Å²) in [7, 11) is 1.82. The van der Waals surface area contributed by atoms with Crippen molar-refractivity contribution in [1.82, 2.24) is 14.8 Å². The zero-order valence-corrected chi connectivity index (χ0v) is 17.1. The Morgan fingerprint density at radius 3 is 2.69 bits per heavy atom. The fourth-order valence-corrected chi connectivity index (χ4v) is 3.18. The van der Waals surface area contributed by atoms with E-state index in [1.54, 1.807) is 47.2 Å². The number of unbranched alkanes of at least 4 members (excludes halogenated alkanes) is 1. The van der Waals surface area contributed by atoms with Gasteiger partial charge in [0.15, 0.2) is 16.7 Å². The predicted octanol–water partition coefficient (Wildman–Crippen LogP) is 3.76. The second-order valence-electron chi connectivity index (χ2n) is 6.25. The largest absolute Gasteiger partial charge is 0.462 e. The molecule has 2 aromatic heterocycles. The van der Waals surface area contributed by atoms with E-state index >= 15 is 0 Å². The number of rotatable bonds is 9. The lowest BCUT2D eigenvalue weighted by Crippen LogP contribution is -2.14. The first-order chi connectivity index (χ1) is 14.1. The van der Waals surface area contributed by atoms with Crippen molar-refractivity contribution in [3.8, 4) is 11.6 Å². The molecular formula is C20H22N4O4S. The van der Waals surface area contributed by atoms with E-state index in [4.69, 9.17) is 9.15 Å². The fourth-order valence-electron chi connectivity index (χ4n) is 2.47.